The standard InChI is InChI=1S/C23H21N3O4/c1-2-26(23(29)30-16-17-8-9-18(15-27)22(28)14-17)21-12-10-20(11-13-21)25-24-19-6-4-3-5-7-19/h3-15,28H,2,16H2,1H3. The summed E-state index contributed by atoms with van der Waals surface area (Å²) in [4.78, 5) is 24.7. The lowest BCUT2D eigenvalue weighted by Crippen LogP contribution is -2.31. The SMILES string of the molecule is CCN(C(=O)OCc1ccc(C=O)c(O)c1)c1ccc(N=Nc2ccccc2)cc1. The molecule has 1 amide bonds. The average Bonchev–Trinajstić information content (AvgIpc) is 2.78. The van der Waals surface area contributed by atoms with Gasteiger partial charge in [0.25, 0.3) is 0 Å². The summed E-state index contributed by atoms with van der Waals surface area (Å²) in [6.07, 6.45) is 0.0441. The average molecular weight is 403 g/mol. The predicted molar refractivity (Wildman–Crippen MR) is 114 cm³/mol. The maximum absolute atomic E-state index is 12.5. The fourth-order valence-electron chi connectivity index (χ4n) is 2.73. The summed E-state index contributed by atoms with van der Waals surface area (Å²) in [5, 5.41) is 18.1. The number of aromatic hydroxyl groups is 1. The van der Waals surface area contributed by atoms with Crippen molar-refractivity contribution in [2.24, 2.45) is 10.2 Å². The third-order valence-electron chi connectivity index (χ3n) is 4.32. The summed E-state index contributed by atoms with van der Waals surface area (Å²) < 4.78 is 5.35. The molecule has 0 heterocycles. The van der Waals surface area contributed by atoms with E-state index in [1.54, 1.807) is 30.3 Å². The Labute approximate surface area is 174 Å². The molecule has 0 unspecified atom stereocenters. The van der Waals surface area contributed by atoms with Crippen LogP contribution in [0.5, 0.6) is 5.75 Å². The van der Waals surface area contributed by atoms with E-state index in [1.807, 2.05) is 37.3 Å². The number of nitrogens with zero attached hydrogens (tertiary/aromatic N) is 3. The summed E-state index contributed by atoms with van der Waals surface area (Å²) in [5.41, 5.74) is 2.86. The second-order valence-electron chi connectivity index (χ2n) is 6.36. The Hall–Kier alpha value is -4.00. The summed E-state index contributed by atoms with van der Waals surface area (Å²) in [6, 6.07) is 21.0. The number of hydrogen-bond donors (Lipinski definition) is 1. The Bertz CT molecular complexity index is 1030. The molecule has 0 spiro atoms. The van der Waals surface area contributed by atoms with Crippen LogP contribution < -0.4 is 4.90 Å². The van der Waals surface area contributed by atoms with E-state index < -0.39 is 6.09 Å². The van der Waals surface area contributed by atoms with Gasteiger partial charge in [0.2, 0.25) is 0 Å². The van der Waals surface area contributed by atoms with Gasteiger partial charge < -0.3 is 9.84 Å². The molecule has 3 aromatic rings. The van der Waals surface area contributed by atoms with Crippen LogP contribution in [0.2, 0.25) is 0 Å². The zero-order valence-corrected chi connectivity index (χ0v) is 16.4. The van der Waals surface area contributed by atoms with Gasteiger partial charge in [-0.05, 0) is 61.0 Å². The molecule has 1 N–H and O–H groups in total. The maximum atomic E-state index is 12.5. The highest BCUT2D eigenvalue weighted by atomic mass is 16.6. The fraction of sp³-hybridized carbons (Fsp3) is 0.130. The van der Waals surface area contributed by atoms with Gasteiger partial charge in [0.15, 0.2) is 6.29 Å². The van der Waals surface area contributed by atoms with E-state index in [0.717, 1.165) is 5.69 Å². The molecular weight excluding hydrogens is 382 g/mol. The number of anilines is 1. The van der Waals surface area contributed by atoms with E-state index in [1.165, 1.54) is 17.0 Å². The van der Waals surface area contributed by atoms with Crippen LogP contribution in [0.3, 0.4) is 0 Å². The van der Waals surface area contributed by atoms with Gasteiger partial charge in [0, 0.05) is 12.2 Å². The first-order valence-electron chi connectivity index (χ1n) is 9.39. The zero-order chi connectivity index (χ0) is 21.3. The third kappa shape index (κ3) is 5.29. The normalized spacial score (nSPS) is 10.7. The molecule has 30 heavy (non-hydrogen) atoms. The lowest BCUT2D eigenvalue weighted by molar-refractivity contribution is 0.112. The number of phenols is 1. The number of carbonyl (C=O) groups excluding carboxylic acids is 2. The van der Waals surface area contributed by atoms with Gasteiger partial charge in [-0.2, -0.15) is 10.2 Å². The van der Waals surface area contributed by atoms with Crippen LogP contribution in [0.25, 0.3) is 0 Å². The summed E-state index contributed by atoms with van der Waals surface area (Å²) in [6.45, 7) is 2.24. The molecule has 0 atom stereocenters. The molecule has 0 radical (unpaired) electrons. The van der Waals surface area contributed by atoms with Crippen molar-refractivity contribution in [3.8, 4) is 5.75 Å². The van der Waals surface area contributed by atoms with Crippen LogP contribution in [0, 0.1) is 0 Å². The predicted octanol–water partition coefficient (Wildman–Crippen LogP) is 5.78. The number of benzene rings is 3. The zero-order valence-electron chi connectivity index (χ0n) is 16.4. The number of phenolic OH excluding ortho intramolecular Hbond substituents is 1. The van der Waals surface area contributed by atoms with Crippen LogP contribution in [-0.4, -0.2) is 24.0 Å². The summed E-state index contributed by atoms with van der Waals surface area (Å²) >= 11 is 0. The molecule has 0 bridgehead atoms. The Balaban J connectivity index is 1.63. The molecule has 0 aliphatic carbocycles. The monoisotopic (exact) mass is 403 g/mol. The molecule has 0 aliphatic heterocycles. The minimum Gasteiger partial charge on any atom is -0.507 e. The van der Waals surface area contributed by atoms with Gasteiger partial charge in [-0.3, -0.25) is 9.69 Å². The van der Waals surface area contributed by atoms with Gasteiger partial charge in [0.05, 0.1) is 16.9 Å². The van der Waals surface area contributed by atoms with Crippen molar-refractivity contribution in [3.05, 3.63) is 83.9 Å². The molecule has 0 aliphatic rings. The van der Waals surface area contributed by atoms with Crippen molar-refractivity contribution in [1.29, 1.82) is 0 Å². The smallest absolute Gasteiger partial charge is 0.414 e. The Morgan fingerprint density at radius 3 is 2.27 bits per heavy atom. The summed E-state index contributed by atoms with van der Waals surface area (Å²) in [5.74, 6) is -0.147. The lowest BCUT2D eigenvalue weighted by Gasteiger charge is -2.20. The van der Waals surface area contributed by atoms with E-state index in [9.17, 15) is 14.7 Å². The number of aldehydes is 1. The molecule has 0 saturated carbocycles. The highest BCUT2D eigenvalue weighted by molar-refractivity contribution is 5.87. The molecule has 3 aromatic carbocycles. The van der Waals surface area contributed by atoms with E-state index in [0.29, 0.717) is 29.8 Å². The van der Waals surface area contributed by atoms with Crippen LogP contribution in [-0.2, 0) is 11.3 Å². The van der Waals surface area contributed by atoms with E-state index >= 15 is 0 Å². The van der Waals surface area contributed by atoms with E-state index in [-0.39, 0.29) is 17.9 Å². The van der Waals surface area contributed by atoms with Crippen LogP contribution >= 0.6 is 0 Å². The van der Waals surface area contributed by atoms with Crippen LogP contribution in [0.1, 0.15) is 22.8 Å². The quantitative estimate of drug-likeness (QED) is 0.400. The number of hydrogen-bond acceptors (Lipinski definition) is 6. The van der Waals surface area contributed by atoms with Crippen LogP contribution in [0.15, 0.2) is 83.0 Å². The van der Waals surface area contributed by atoms with Crippen molar-refractivity contribution in [2.75, 3.05) is 11.4 Å². The second-order valence-corrected chi connectivity index (χ2v) is 6.36. The number of rotatable bonds is 7. The number of ether oxygens (including phenoxy) is 1. The van der Waals surface area contributed by atoms with Crippen molar-refractivity contribution in [2.45, 2.75) is 13.5 Å². The maximum Gasteiger partial charge on any atom is 0.414 e. The van der Waals surface area contributed by atoms with Gasteiger partial charge >= 0.3 is 6.09 Å². The first kappa shape index (κ1) is 20.7. The lowest BCUT2D eigenvalue weighted by atomic mass is 10.1. The van der Waals surface area contributed by atoms with E-state index in [4.69, 9.17) is 4.74 Å². The van der Waals surface area contributed by atoms with Gasteiger partial charge in [0.1, 0.15) is 12.4 Å². The van der Waals surface area contributed by atoms with Crippen molar-refractivity contribution in [3.63, 3.8) is 0 Å². The molecule has 3 rings (SSSR count). The highest BCUT2D eigenvalue weighted by Gasteiger charge is 2.16. The molecule has 152 valence electrons. The van der Waals surface area contributed by atoms with Gasteiger partial charge in [-0.1, -0.05) is 24.3 Å². The van der Waals surface area contributed by atoms with Crippen molar-refractivity contribution in [1.82, 2.24) is 0 Å². The molecule has 0 fully saturated rings. The molecule has 7 heteroatoms. The minimum atomic E-state index is -0.518. The fourth-order valence-corrected chi connectivity index (χ4v) is 2.73. The molecule has 0 aromatic heterocycles. The summed E-state index contributed by atoms with van der Waals surface area (Å²) in [7, 11) is 0. The van der Waals surface area contributed by atoms with Crippen molar-refractivity contribution >= 4 is 29.4 Å². The third-order valence-corrected chi connectivity index (χ3v) is 4.32. The first-order chi connectivity index (χ1) is 14.6. The van der Waals surface area contributed by atoms with Crippen LogP contribution in [0.4, 0.5) is 21.9 Å². The molecular formula is C23H21N3O4. The van der Waals surface area contributed by atoms with Gasteiger partial charge in [-0.25, -0.2) is 4.79 Å². The topological polar surface area (TPSA) is 91.6 Å². The Kier molecular flexibility index (Phi) is 6.89. The van der Waals surface area contributed by atoms with E-state index in [2.05, 4.69) is 10.2 Å². The van der Waals surface area contributed by atoms with Gasteiger partial charge in [-0.15, -0.1) is 0 Å². The minimum absolute atomic E-state index is 0.0224. The number of amides is 1. The Morgan fingerprint density at radius 1 is 1.00 bits per heavy atom. The molecule has 0 saturated heterocycles. The molecule has 7 nitrogen and oxygen atoms in total. The first-order valence-corrected chi connectivity index (χ1v) is 9.39. The number of azo groups is 1. The highest BCUT2D eigenvalue weighted by Crippen LogP contribution is 2.23. The largest absolute Gasteiger partial charge is 0.507 e. The Morgan fingerprint density at radius 2 is 1.67 bits per heavy atom. The van der Waals surface area contributed by atoms with Crippen molar-refractivity contribution < 1.29 is 19.4 Å². The second kappa shape index (κ2) is 9.97. The number of carbonyl (C=O) groups is 2.